The van der Waals surface area contributed by atoms with Crippen molar-refractivity contribution in [2.24, 2.45) is 0 Å². The van der Waals surface area contributed by atoms with Crippen molar-refractivity contribution in [2.75, 3.05) is 5.73 Å². The number of rotatable bonds is 4. The lowest BCUT2D eigenvalue weighted by atomic mass is 10.1. The molecule has 0 fully saturated rings. The molecular formula is C14H16ClFN4O. The quantitative estimate of drug-likeness (QED) is 0.812. The molecule has 0 aliphatic rings. The van der Waals surface area contributed by atoms with Crippen molar-refractivity contribution in [1.29, 1.82) is 0 Å². The fraction of sp³-hybridized carbons (Fsp3) is 0.286. The lowest BCUT2D eigenvalue weighted by molar-refractivity contribution is 0.0947. The third-order valence-corrected chi connectivity index (χ3v) is 3.35. The summed E-state index contributed by atoms with van der Waals surface area (Å²) < 4.78 is 13.0. The second-order valence-corrected chi connectivity index (χ2v) is 5.39. The predicted octanol–water partition coefficient (Wildman–Crippen LogP) is 2.84. The van der Waals surface area contributed by atoms with E-state index >= 15 is 0 Å². The van der Waals surface area contributed by atoms with E-state index in [-0.39, 0.29) is 23.2 Å². The largest absolute Gasteiger partial charge is 0.395 e. The summed E-state index contributed by atoms with van der Waals surface area (Å²) in [5.74, 6) is -0.740. The van der Waals surface area contributed by atoms with Crippen LogP contribution in [-0.4, -0.2) is 16.1 Å². The molecular weight excluding hydrogens is 295 g/mol. The molecule has 1 amide bonds. The maximum Gasteiger partial charge on any atom is 0.274 e. The Morgan fingerprint density at radius 2 is 2.24 bits per heavy atom. The number of halogens is 2. The summed E-state index contributed by atoms with van der Waals surface area (Å²) in [4.78, 5) is 12.0. The molecule has 5 nitrogen and oxygen atoms in total. The topological polar surface area (TPSA) is 83.8 Å². The van der Waals surface area contributed by atoms with E-state index < -0.39 is 11.7 Å². The number of hydrogen-bond acceptors (Lipinski definition) is 3. The van der Waals surface area contributed by atoms with Crippen LogP contribution in [0.15, 0.2) is 18.2 Å². The number of nitrogens with two attached hydrogens (primary N) is 1. The van der Waals surface area contributed by atoms with Crippen LogP contribution in [-0.2, 0) is 6.54 Å². The average Bonchev–Trinajstić information content (AvgIpc) is 2.82. The van der Waals surface area contributed by atoms with Gasteiger partial charge in [-0.25, -0.2) is 4.39 Å². The predicted molar refractivity (Wildman–Crippen MR) is 79.7 cm³/mol. The molecule has 0 bridgehead atoms. The lowest BCUT2D eigenvalue weighted by Gasteiger charge is -2.06. The van der Waals surface area contributed by atoms with Gasteiger partial charge in [-0.2, -0.15) is 5.10 Å². The van der Waals surface area contributed by atoms with Crippen molar-refractivity contribution in [1.82, 2.24) is 15.5 Å². The standard InChI is InChI=1S/C14H16ClFN4O/c1-7(2)12-11(17)13(20-19-12)14(21)18-6-8-3-4-10(16)9(15)5-8/h3-5,7H,6,17H2,1-2H3,(H,18,21)(H,19,20). The summed E-state index contributed by atoms with van der Waals surface area (Å²) in [5.41, 5.74) is 7.81. The molecule has 0 aliphatic carbocycles. The normalized spacial score (nSPS) is 10.9. The zero-order chi connectivity index (χ0) is 15.6. The Kier molecular flexibility index (Phi) is 4.47. The van der Waals surface area contributed by atoms with Gasteiger partial charge in [0.15, 0.2) is 5.69 Å². The zero-order valence-corrected chi connectivity index (χ0v) is 12.5. The molecule has 0 unspecified atom stereocenters. The second kappa shape index (κ2) is 6.13. The van der Waals surface area contributed by atoms with Gasteiger partial charge in [-0.1, -0.05) is 31.5 Å². The molecule has 0 atom stereocenters. The van der Waals surface area contributed by atoms with Crippen LogP contribution < -0.4 is 11.1 Å². The van der Waals surface area contributed by atoms with Crippen LogP contribution >= 0.6 is 11.6 Å². The van der Waals surface area contributed by atoms with E-state index in [1.165, 1.54) is 12.1 Å². The Morgan fingerprint density at radius 1 is 1.52 bits per heavy atom. The minimum absolute atomic E-state index is 0.0168. The van der Waals surface area contributed by atoms with Crippen LogP contribution in [0.5, 0.6) is 0 Å². The highest BCUT2D eigenvalue weighted by Crippen LogP contribution is 2.22. The highest BCUT2D eigenvalue weighted by Gasteiger charge is 2.18. The summed E-state index contributed by atoms with van der Waals surface area (Å²) in [7, 11) is 0. The van der Waals surface area contributed by atoms with E-state index in [0.29, 0.717) is 11.3 Å². The number of amides is 1. The highest BCUT2D eigenvalue weighted by atomic mass is 35.5. The Labute approximate surface area is 126 Å². The molecule has 1 heterocycles. The first-order valence-electron chi connectivity index (χ1n) is 6.46. The summed E-state index contributed by atoms with van der Waals surface area (Å²) >= 11 is 5.68. The number of H-pyrrole nitrogens is 1. The number of aromatic nitrogens is 2. The maximum atomic E-state index is 13.0. The fourth-order valence-electron chi connectivity index (χ4n) is 1.89. The molecule has 0 saturated heterocycles. The summed E-state index contributed by atoms with van der Waals surface area (Å²) in [6, 6.07) is 4.27. The number of benzene rings is 1. The van der Waals surface area contributed by atoms with Gasteiger partial charge in [-0.3, -0.25) is 9.89 Å². The van der Waals surface area contributed by atoms with Crippen LogP contribution in [0.4, 0.5) is 10.1 Å². The summed E-state index contributed by atoms with van der Waals surface area (Å²) in [6.07, 6.45) is 0. The van der Waals surface area contributed by atoms with Crippen molar-refractivity contribution in [2.45, 2.75) is 26.3 Å². The Balaban J connectivity index is 2.06. The number of nitrogens with one attached hydrogen (secondary N) is 2. The van der Waals surface area contributed by atoms with Crippen LogP contribution in [0.1, 0.15) is 41.5 Å². The van der Waals surface area contributed by atoms with E-state index in [1.54, 1.807) is 6.07 Å². The first-order chi connectivity index (χ1) is 9.90. The molecule has 2 rings (SSSR count). The van der Waals surface area contributed by atoms with Gasteiger partial charge < -0.3 is 11.1 Å². The molecule has 21 heavy (non-hydrogen) atoms. The SMILES string of the molecule is CC(C)c1[nH]nc(C(=O)NCc2ccc(F)c(Cl)c2)c1N. The molecule has 2 aromatic rings. The third-order valence-electron chi connectivity index (χ3n) is 3.06. The van der Waals surface area contributed by atoms with Crippen molar-refractivity contribution < 1.29 is 9.18 Å². The van der Waals surface area contributed by atoms with Crippen LogP contribution in [0.25, 0.3) is 0 Å². The molecule has 0 saturated carbocycles. The van der Waals surface area contributed by atoms with Gasteiger partial charge in [0.1, 0.15) is 5.82 Å². The highest BCUT2D eigenvalue weighted by molar-refractivity contribution is 6.30. The number of hydrogen-bond donors (Lipinski definition) is 3. The van der Waals surface area contributed by atoms with Gasteiger partial charge in [-0.05, 0) is 23.6 Å². The molecule has 7 heteroatoms. The number of aromatic amines is 1. The van der Waals surface area contributed by atoms with Crippen molar-refractivity contribution >= 4 is 23.2 Å². The van der Waals surface area contributed by atoms with Crippen LogP contribution in [0, 0.1) is 5.82 Å². The number of carbonyl (C=O) groups excluding carboxylic acids is 1. The molecule has 0 spiro atoms. The Morgan fingerprint density at radius 3 is 2.81 bits per heavy atom. The second-order valence-electron chi connectivity index (χ2n) is 4.99. The van der Waals surface area contributed by atoms with Gasteiger partial charge in [0.2, 0.25) is 0 Å². The summed E-state index contributed by atoms with van der Waals surface area (Å²) in [6.45, 7) is 4.11. The van der Waals surface area contributed by atoms with Crippen molar-refractivity contribution in [3.05, 3.63) is 46.0 Å². The minimum atomic E-state index is -0.495. The molecule has 112 valence electrons. The smallest absolute Gasteiger partial charge is 0.274 e. The van der Waals surface area contributed by atoms with E-state index in [0.717, 1.165) is 5.69 Å². The van der Waals surface area contributed by atoms with Gasteiger partial charge in [0, 0.05) is 6.54 Å². The number of carbonyl (C=O) groups is 1. The Bertz CT molecular complexity index is 669. The minimum Gasteiger partial charge on any atom is -0.395 e. The van der Waals surface area contributed by atoms with E-state index in [1.807, 2.05) is 13.8 Å². The number of anilines is 1. The average molecular weight is 311 g/mol. The van der Waals surface area contributed by atoms with Crippen molar-refractivity contribution in [3.63, 3.8) is 0 Å². The lowest BCUT2D eigenvalue weighted by Crippen LogP contribution is -2.24. The van der Waals surface area contributed by atoms with E-state index in [2.05, 4.69) is 15.5 Å². The van der Waals surface area contributed by atoms with Gasteiger partial charge in [0.25, 0.3) is 5.91 Å². The van der Waals surface area contributed by atoms with Gasteiger partial charge >= 0.3 is 0 Å². The van der Waals surface area contributed by atoms with E-state index in [9.17, 15) is 9.18 Å². The van der Waals surface area contributed by atoms with Crippen LogP contribution in [0.2, 0.25) is 5.02 Å². The van der Waals surface area contributed by atoms with Crippen LogP contribution in [0.3, 0.4) is 0 Å². The Hall–Kier alpha value is -2.08. The third kappa shape index (κ3) is 3.33. The zero-order valence-electron chi connectivity index (χ0n) is 11.7. The molecule has 4 N–H and O–H groups in total. The van der Waals surface area contributed by atoms with Crippen molar-refractivity contribution in [3.8, 4) is 0 Å². The summed E-state index contributed by atoms with van der Waals surface area (Å²) in [5, 5.41) is 9.38. The van der Waals surface area contributed by atoms with Gasteiger partial charge in [-0.15, -0.1) is 0 Å². The monoisotopic (exact) mass is 310 g/mol. The first-order valence-corrected chi connectivity index (χ1v) is 6.83. The fourth-order valence-corrected chi connectivity index (χ4v) is 2.10. The molecule has 0 aliphatic heterocycles. The molecule has 0 radical (unpaired) electrons. The van der Waals surface area contributed by atoms with E-state index in [4.69, 9.17) is 17.3 Å². The van der Waals surface area contributed by atoms with Gasteiger partial charge in [0.05, 0.1) is 16.4 Å². The molecule has 1 aromatic carbocycles. The first kappa shape index (κ1) is 15.3. The molecule has 1 aromatic heterocycles. The number of nitrogens with zero attached hydrogens (tertiary/aromatic N) is 1. The maximum absolute atomic E-state index is 13.0. The number of nitrogen functional groups attached to an aromatic ring is 1.